The van der Waals surface area contributed by atoms with Gasteiger partial charge in [-0.25, -0.2) is 4.98 Å². The van der Waals surface area contributed by atoms with E-state index >= 15 is 0 Å². The molecule has 84 valence electrons. The van der Waals surface area contributed by atoms with Crippen molar-refractivity contribution in [1.82, 2.24) is 19.8 Å². The Morgan fingerprint density at radius 2 is 2.53 bits per heavy atom. The minimum absolute atomic E-state index is 0.717. The van der Waals surface area contributed by atoms with Crippen molar-refractivity contribution in [1.29, 1.82) is 0 Å². The van der Waals surface area contributed by atoms with Crippen LogP contribution in [-0.2, 0) is 6.54 Å². The Morgan fingerprint density at radius 3 is 3.13 bits per heavy atom. The van der Waals surface area contributed by atoms with Gasteiger partial charge in [0.25, 0.3) is 0 Å². The quantitative estimate of drug-likeness (QED) is 0.781. The average molecular weight is 208 g/mol. The summed E-state index contributed by atoms with van der Waals surface area (Å²) < 4.78 is 2.21. The van der Waals surface area contributed by atoms with Gasteiger partial charge in [0.15, 0.2) is 0 Å². The largest absolute Gasteiger partial charge is 0.334 e. The zero-order valence-corrected chi connectivity index (χ0v) is 9.61. The van der Waals surface area contributed by atoms with Gasteiger partial charge in [0.1, 0.15) is 5.82 Å². The second-order valence-corrected chi connectivity index (χ2v) is 4.30. The highest BCUT2D eigenvalue weighted by atomic mass is 15.2. The van der Waals surface area contributed by atoms with Crippen LogP contribution in [0.3, 0.4) is 0 Å². The summed E-state index contributed by atoms with van der Waals surface area (Å²) in [7, 11) is 2.21. The number of aryl methyl sites for hydroxylation is 1. The minimum atomic E-state index is 0.717. The molecule has 1 aromatic heterocycles. The summed E-state index contributed by atoms with van der Waals surface area (Å²) in [6, 6.07) is 0.717. The lowest BCUT2D eigenvalue weighted by Gasteiger charge is -2.23. The molecule has 1 saturated heterocycles. The van der Waals surface area contributed by atoms with Crippen molar-refractivity contribution in [3.63, 3.8) is 0 Å². The monoisotopic (exact) mass is 208 g/mol. The van der Waals surface area contributed by atoms with Crippen molar-refractivity contribution in [3.8, 4) is 0 Å². The van der Waals surface area contributed by atoms with Crippen LogP contribution in [0.4, 0.5) is 0 Å². The molecule has 0 bridgehead atoms. The number of aromatic nitrogens is 2. The van der Waals surface area contributed by atoms with E-state index in [1.54, 1.807) is 0 Å². The Labute approximate surface area is 91.3 Å². The summed E-state index contributed by atoms with van der Waals surface area (Å²) in [4.78, 5) is 6.67. The predicted octanol–water partition coefficient (Wildman–Crippen LogP) is 0.485. The van der Waals surface area contributed by atoms with Gasteiger partial charge in [-0.15, -0.1) is 0 Å². The van der Waals surface area contributed by atoms with Crippen LogP contribution in [0.2, 0.25) is 0 Å². The maximum atomic E-state index is 4.22. The van der Waals surface area contributed by atoms with E-state index in [2.05, 4.69) is 39.9 Å². The van der Waals surface area contributed by atoms with Crippen LogP contribution in [0.5, 0.6) is 0 Å². The van der Waals surface area contributed by atoms with Gasteiger partial charge in [-0.3, -0.25) is 0 Å². The third-order valence-electron chi connectivity index (χ3n) is 3.27. The summed E-state index contributed by atoms with van der Waals surface area (Å²) in [5.74, 6) is 1.10. The Hall–Kier alpha value is -0.870. The molecule has 4 heteroatoms. The standard InChI is InChI=1S/C11H20N4/c1-10-13-5-6-15(10)8-7-14(2)11-3-4-12-9-11/h5-6,11-12H,3-4,7-9H2,1-2H3. The smallest absolute Gasteiger partial charge is 0.105 e. The third-order valence-corrected chi connectivity index (χ3v) is 3.27. The number of rotatable bonds is 4. The van der Waals surface area contributed by atoms with Crippen molar-refractivity contribution < 1.29 is 0 Å². The Kier molecular flexibility index (Phi) is 3.38. The summed E-state index contributed by atoms with van der Waals surface area (Å²) in [6.07, 6.45) is 5.20. The molecule has 15 heavy (non-hydrogen) atoms. The molecule has 1 atom stereocenters. The van der Waals surface area contributed by atoms with Gasteiger partial charge in [-0.1, -0.05) is 0 Å². The molecule has 4 nitrogen and oxygen atoms in total. The van der Waals surface area contributed by atoms with Crippen LogP contribution < -0.4 is 5.32 Å². The maximum absolute atomic E-state index is 4.22. The number of likely N-dealkylation sites (N-methyl/N-ethyl adjacent to an activating group) is 1. The van der Waals surface area contributed by atoms with Crippen molar-refractivity contribution in [3.05, 3.63) is 18.2 Å². The van der Waals surface area contributed by atoms with E-state index in [0.717, 1.165) is 25.5 Å². The molecule has 2 rings (SSSR count). The van der Waals surface area contributed by atoms with Crippen molar-refractivity contribution in [2.45, 2.75) is 25.9 Å². The maximum Gasteiger partial charge on any atom is 0.105 e. The molecule has 0 amide bonds. The zero-order chi connectivity index (χ0) is 10.7. The summed E-state index contributed by atoms with van der Waals surface area (Å²) >= 11 is 0. The molecule has 0 aliphatic carbocycles. The van der Waals surface area contributed by atoms with Gasteiger partial charge in [-0.05, 0) is 26.9 Å². The van der Waals surface area contributed by atoms with Gasteiger partial charge in [0.05, 0.1) is 0 Å². The number of imidazole rings is 1. The number of hydrogen-bond donors (Lipinski definition) is 1. The molecule has 0 aromatic carbocycles. The van der Waals surface area contributed by atoms with Gasteiger partial charge < -0.3 is 14.8 Å². The molecular weight excluding hydrogens is 188 g/mol. The molecule has 0 spiro atoms. The highest BCUT2D eigenvalue weighted by Crippen LogP contribution is 2.06. The first kappa shape index (κ1) is 10.6. The van der Waals surface area contributed by atoms with E-state index in [-0.39, 0.29) is 0 Å². The summed E-state index contributed by atoms with van der Waals surface area (Å²) in [6.45, 7) is 6.50. The predicted molar refractivity (Wildman–Crippen MR) is 60.9 cm³/mol. The lowest BCUT2D eigenvalue weighted by atomic mass is 10.2. The van der Waals surface area contributed by atoms with Crippen LogP contribution >= 0.6 is 0 Å². The Balaban J connectivity index is 1.80. The normalized spacial score (nSPS) is 21.4. The highest BCUT2D eigenvalue weighted by Gasteiger charge is 2.18. The molecule has 1 aromatic rings. The van der Waals surface area contributed by atoms with Crippen molar-refractivity contribution >= 4 is 0 Å². The molecule has 0 saturated carbocycles. The number of hydrogen-bond acceptors (Lipinski definition) is 3. The third kappa shape index (κ3) is 2.58. The van der Waals surface area contributed by atoms with Crippen molar-refractivity contribution in [2.75, 3.05) is 26.7 Å². The first-order chi connectivity index (χ1) is 7.27. The second-order valence-electron chi connectivity index (χ2n) is 4.30. The highest BCUT2D eigenvalue weighted by molar-refractivity contribution is 4.89. The van der Waals surface area contributed by atoms with Gasteiger partial charge in [0.2, 0.25) is 0 Å². The summed E-state index contributed by atoms with van der Waals surface area (Å²) in [5, 5.41) is 3.40. The fourth-order valence-corrected chi connectivity index (χ4v) is 2.10. The Bertz CT molecular complexity index is 301. The lowest BCUT2D eigenvalue weighted by molar-refractivity contribution is 0.246. The van der Waals surface area contributed by atoms with Crippen LogP contribution in [0, 0.1) is 6.92 Å². The molecule has 1 aliphatic rings. The van der Waals surface area contributed by atoms with E-state index in [0.29, 0.717) is 6.04 Å². The molecule has 1 aliphatic heterocycles. The van der Waals surface area contributed by atoms with Gasteiger partial charge in [0, 0.05) is 38.1 Å². The number of nitrogens with zero attached hydrogens (tertiary/aromatic N) is 3. The second kappa shape index (κ2) is 4.77. The van der Waals surface area contributed by atoms with Crippen LogP contribution in [-0.4, -0.2) is 47.2 Å². The van der Waals surface area contributed by atoms with E-state index < -0.39 is 0 Å². The van der Waals surface area contributed by atoms with Crippen LogP contribution in [0.1, 0.15) is 12.2 Å². The SMILES string of the molecule is Cc1nccn1CCN(C)C1CCNC1. The minimum Gasteiger partial charge on any atom is -0.334 e. The molecule has 0 radical (unpaired) electrons. The van der Waals surface area contributed by atoms with E-state index in [4.69, 9.17) is 0 Å². The van der Waals surface area contributed by atoms with E-state index in [1.165, 1.54) is 13.0 Å². The van der Waals surface area contributed by atoms with Crippen LogP contribution in [0.25, 0.3) is 0 Å². The fourth-order valence-electron chi connectivity index (χ4n) is 2.10. The number of nitrogens with one attached hydrogen (secondary N) is 1. The molecular formula is C11H20N4. The first-order valence-corrected chi connectivity index (χ1v) is 5.66. The first-order valence-electron chi connectivity index (χ1n) is 5.66. The molecule has 2 heterocycles. The topological polar surface area (TPSA) is 33.1 Å². The van der Waals surface area contributed by atoms with Gasteiger partial charge >= 0.3 is 0 Å². The summed E-state index contributed by atoms with van der Waals surface area (Å²) in [5.41, 5.74) is 0. The Morgan fingerprint density at radius 1 is 1.67 bits per heavy atom. The zero-order valence-electron chi connectivity index (χ0n) is 9.61. The van der Waals surface area contributed by atoms with Gasteiger partial charge in [-0.2, -0.15) is 0 Å². The van der Waals surface area contributed by atoms with E-state index in [9.17, 15) is 0 Å². The van der Waals surface area contributed by atoms with Crippen molar-refractivity contribution in [2.24, 2.45) is 0 Å². The molecule has 1 fully saturated rings. The van der Waals surface area contributed by atoms with Crippen LogP contribution in [0.15, 0.2) is 12.4 Å². The molecule has 1 N–H and O–H groups in total. The average Bonchev–Trinajstić information content (AvgIpc) is 2.85. The molecule has 1 unspecified atom stereocenters. The lowest BCUT2D eigenvalue weighted by Crippen LogP contribution is -2.35. The van der Waals surface area contributed by atoms with E-state index in [1.807, 2.05) is 6.20 Å². The fraction of sp³-hybridized carbons (Fsp3) is 0.727.